The Morgan fingerprint density at radius 1 is 1.00 bits per heavy atom. The second-order valence-corrected chi connectivity index (χ2v) is 8.79. The van der Waals surface area contributed by atoms with Gasteiger partial charge >= 0.3 is 6.09 Å². The Kier molecular flexibility index (Phi) is 3.45. The highest BCUT2D eigenvalue weighted by Gasteiger charge is 2.60. The van der Waals surface area contributed by atoms with Crippen molar-refractivity contribution in [1.29, 1.82) is 0 Å². The minimum atomic E-state index is -0.942. The van der Waals surface area contributed by atoms with E-state index < -0.39 is 17.3 Å². The summed E-state index contributed by atoms with van der Waals surface area (Å²) in [7, 11) is 0. The van der Waals surface area contributed by atoms with Gasteiger partial charge in [0.25, 0.3) is 0 Å². The highest BCUT2D eigenvalue weighted by atomic mass is 16.4. The molecule has 0 unspecified atom stereocenters. The normalized spacial score (nSPS) is 47.0. The maximum atomic E-state index is 11.1. The van der Waals surface area contributed by atoms with Crippen molar-refractivity contribution in [2.75, 3.05) is 6.54 Å². The number of hydrogen-bond acceptors (Lipinski definition) is 4. The lowest BCUT2D eigenvalue weighted by Gasteiger charge is -2.61. The fourth-order valence-corrected chi connectivity index (χ4v) is 6.33. The van der Waals surface area contributed by atoms with Crippen LogP contribution in [0.15, 0.2) is 0 Å². The van der Waals surface area contributed by atoms with Gasteiger partial charge in [-0.05, 0) is 50.4 Å². The Hall–Kier alpha value is -0.850. The SMILES string of the molecule is O=C(O)NC1(CNC2C3CC4(O)CC2CC(O)(C3)C4)CCCC1. The van der Waals surface area contributed by atoms with Gasteiger partial charge in [-0.1, -0.05) is 12.8 Å². The summed E-state index contributed by atoms with van der Waals surface area (Å²) in [5.74, 6) is 0.601. The summed E-state index contributed by atoms with van der Waals surface area (Å²) in [6.45, 7) is 0.661. The first-order valence-electron chi connectivity index (χ1n) is 9.00. The molecule has 6 heteroatoms. The van der Waals surface area contributed by atoms with Gasteiger partial charge in [0.15, 0.2) is 0 Å². The summed E-state index contributed by atoms with van der Waals surface area (Å²) in [6.07, 6.45) is 6.58. The second kappa shape index (κ2) is 5.07. The lowest BCUT2D eigenvalue weighted by molar-refractivity contribution is -0.209. The van der Waals surface area contributed by atoms with Crippen molar-refractivity contribution in [1.82, 2.24) is 10.6 Å². The van der Waals surface area contributed by atoms with Gasteiger partial charge in [-0.3, -0.25) is 0 Å². The van der Waals surface area contributed by atoms with E-state index in [1.54, 1.807) is 0 Å². The lowest BCUT2D eigenvalue weighted by atomic mass is 9.50. The number of rotatable bonds is 4. The molecule has 5 aliphatic rings. The van der Waals surface area contributed by atoms with Crippen LogP contribution in [0.1, 0.15) is 57.8 Å². The molecule has 5 rings (SSSR count). The van der Waals surface area contributed by atoms with Crippen LogP contribution in [0.4, 0.5) is 4.79 Å². The quantitative estimate of drug-likeness (QED) is 0.535. The molecular formula is C17H28N2O4. The van der Waals surface area contributed by atoms with Crippen LogP contribution < -0.4 is 10.6 Å². The van der Waals surface area contributed by atoms with E-state index in [0.29, 0.717) is 30.8 Å². The molecule has 130 valence electrons. The van der Waals surface area contributed by atoms with E-state index in [1.807, 2.05) is 0 Å². The fourth-order valence-electron chi connectivity index (χ4n) is 6.33. The molecule has 0 spiro atoms. The minimum Gasteiger partial charge on any atom is -0.465 e. The van der Waals surface area contributed by atoms with Gasteiger partial charge in [0.05, 0.1) is 16.7 Å². The maximum Gasteiger partial charge on any atom is 0.405 e. The summed E-state index contributed by atoms with van der Waals surface area (Å²) >= 11 is 0. The lowest BCUT2D eigenvalue weighted by Crippen LogP contribution is -2.68. The first-order chi connectivity index (χ1) is 10.8. The first-order valence-corrected chi connectivity index (χ1v) is 9.00. The second-order valence-electron chi connectivity index (χ2n) is 8.79. The number of carbonyl (C=O) groups is 1. The molecule has 0 aromatic rings. The van der Waals surface area contributed by atoms with Crippen LogP contribution in [0.25, 0.3) is 0 Å². The Balaban J connectivity index is 1.45. The smallest absolute Gasteiger partial charge is 0.405 e. The Bertz CT molecular complexity index is 467. The van der Waals surface area contributed by atoms with Crippen molar-refractivity contribution in [3.05, 3.63) is 0 Å². The van der Waals surface area contributed by atoms with Gasteiger partial charge in [-0.15, -0.1) is 0 Å². The van der Waals surface area contributed by atoms with Crippen molar-refractivity contribution in [2.24, 2.45) is 11.8 Å². The van der Waals surface area contributed by atoms with E-state index >= 15 is 0 Å². The molecule has 5 N–H and O–H groups in total. The predicted octanol–water partition coefficient (Wildman–Crippen LogP) is 1.21. The van der Waals surface area contributed by atoms with Crippen LogP contribution in [-0.2, 0) is 0 Å². The van der Waals surface area contributed by atoms with Crippen LogP contribution in [0.3, 0.4) is 0 Å². The van der Waals surface area contributed by atoms with Gasteiger partial charge in [0, 0.05) is 19.0 Å². The molecule has 6 nitrogen and oxygen atoms in total. The molecule has 0 aromatic heterocycles. The van der Waals surface area contributed by atoms with Crippen molar-refractivity contribution in [2.45, 2.75) is 80.6 Å². The van der Waals surface area contributed by atoms with Gasteiger partial charge in [0.1, 0.15) is 0 Å². The third kappa shape index (κ3) is 2.75. The van der Waals surface area contributed by atoms with Crippen molar-refractivity contribution in [3.63, 3.8) is 0 Å². The van der Waals surface area contributed by atoms with Crippen LogP contribution in [0.2, 0.25) is 0 Å². The largest absolute Gasteiger partial charge is 0.465 e. The van der Waals surface area contributed by atoms with E-state index in [0.717, 1.165) is 51.4 Å². The van der Waals surface area contributed by atoms with Crippen molar-refractivity contribution < 1.29 is 20.1 Å². The van der Waals surface area contributed by atoms with E-state index in [2.05, 4.69) is 10.6 Å². The van der Waals surface area contributed by atoms with Crippen LogP contribution in [0, 0.1) is 11.8 Å². The molecule has 5 saturated carbocycles. The topological polar surface area (TPSA) is 102 Å². The zero-order valence-corrected chi connectivity index (χ0v) is 13.6. The monoisotopic (exact) mass is 324 g/mol. The van der Waals surface area contributed by atoms with Gasteiger partial charge in [-0.2, -0.15) is 0 Å². The van der Waals surface area contributed by atoms with E-state index in [9.17, 15) is 15.0 Å². The molecule has 0 atom stereocenters. The zero-order chi connectivity index (χ0) is 16.3. The zero-order valence-electron chi connectivity index (χ0n) is 13.6. The molecule has 0 heterocycles. The number of amides is 1. The van der Waals surface area contributed by atoms with Crippen LogP contribution in [0.5, 0.6) is 0 Å². The summed E-state index contributed by atoms with van der Waals surface area (Å²) < 4.78 is 0. The highest BCUT2D eigenvalue weighted by Crippen LogP contribution is 2.57. The number of carboxylic acid groups (broad SMARTS) is 1. The van der Waals surface area contributed by atoms with Gasteiger partial charge < -0.3 is 26.0 Å². The summed E-state index contributed by atoms with van der Waals surface area (Å²) in [6, 6.07) is 0.295. The minimum absolute atomic E-state index is 0.295. The average Bonchev–Trinajstić information content (AvgIpc) is 2.82. The van der Waals surface area contributed by atoms with Crippen LogP contribution in [-0.4, -0.2) is 50.7 Å². The predicted molar refractivity (Wildman–Crippen MR) is 84.1 cm³/mol. The standard InChI is InChI=1S/C17H28N2O4/c20-14(21)19-15(3-1-2-4-15)10-18-13-11-5-16(22)7-12(13)8-17(23,6-11)9-16/h11-13,18-19,22-23H,1-10H2,(H,20,21). The summed E-state index contributed by atoms with van der Waals surface area (Å²) in [5.41, 5.74) is -1.69. The molecule has 4 bridgehead atoms. The van der Waals surface area contributed by atoms with E-state index in [1.165, 1.54) is 0 Å². The maximum absolute atomic E-state index is 11.1. The molecule has 5 fully saturated rings. The van der Waals surface area contributed by atoms with Gasteiger partial charge in [-0.25, -0.2) is 4.79 Å². The van der Waals surface area contributed by atoms with E-state index in [-0.39, 0.29) is 5.54 Å². The molecule has 0 saturated heterocycles. The fraction of sp³-hybridized carbons (Fsp3) is 0.941. The molecule has 23 heavy (non-hydrogen) atoms. The van der Waals surface area contributed by atoms with E-state index in [4.69, 9.17) is 5.11 Å². The third-order valence-corrected chi connectivity index (χ3v) is 6.85. The third-order valence-electron chi connectivity index (χ3n) is 6.85. The van der Waals surface area contributed by atoms with Gasteiger partial charge in [0.2, 0.25) is 0 Å². The Labute approximate surface area is 136 Å². The molecule has 0 aromatic carbocycles. The summed E-state index contributed by atoms with van der Waals surface area (Å²) in [4.78, 5) is 11.1. The number of hydrogen-bond donors (Lipinski definition) is 5. The molecular weight excluding hydrogens is 296 g/mol. The molecule has 5 aliphatic carbocycles. The van der Waals surface area contributed by atoms with Crippen molar-refractivity contribution in [3.8, 4) is 0 Å². The highest BCUT2D eigenvalue weighted by molar-refractivity contribution is 5.65. The molecule has 0 radical (unpaired) electrons. The number of nitrogens with one attached hydrogen (secondary N) is 2. The molecule has 1 amide bonds. The first kappa shape index (κ1) is 15.7. The average molecular weight is 324 g/mol. The van der Waals surface area contributed by atoms with Crippen molar-refractivity contribution >= 4 is 6.09 Å². The summed E-state index contributed by atoms with van der Waals surface area (Å²) in [5, 5.41) is 36.8. The Morgan fingerprint density at radius 2 is 1.52 bits per heavy atom. The Morgan fingerprint density at radius 3 is 2.00 bits per heavy atom. The van der Waals surface area contributed by atoms with Crippen LogP contribution >= 0.6 is 0 Å². The molecule has 0 aliphatic heterocycles. The number of aliphatic hydroxyl groups is 2.